The van der Waals surface area contributed by atoms with Crippen LogP contribution in [0.3, 0.4) is 0 Å². The number of allylic oxidation sites excluding steroid dienone is 2. The molecule has 30 heavy (non-hydrogen) atoms. The average molecular weight is 459 g/mol. The van der Waals surface area contributed by atoms with Gasteiger partial charge in [-0.05, 0) is 62.0 Å². The SMILES string of the molecule is CCCC=C[Si](CC[Si](C=CCCC)(OCCC)OCCC)(OCCC)OCCC. The average Bonchev–Trinajstić information content (AvgIpc) is 2.77. The van der Waals surface area contributed by atoms with Crippen LogP contribution < -0.4 is 0 Å². The fraction of sp³-hybridized carbons (Fsp3) is 0.833. The molecule has 178 valence electrons. The van der Waals surface area contributed by atoms with Crippen molar-refractivity contribution < 1.29 is 17.7 Å². The second-order valence-corrected chi connectivity index (χ2v) is 14.0. The summed E-state index contributed by atoms with van der Waals surface area (Å²) < 4.78 is 25.9. The maximum absolute atomic E-state index is 6.47. The number of hydrogen-bond donors (Lipinski definition) is 0. The zero-order chi connectivity index (χ0) is 22.6. The first kappa shape index (κ1) is 29.8. The Labute approximate surface area is 189 Å². The second kappa shape index (κ2) is 19.4. The van der Waals surface area contributed by atoms with Crippen LogP contribution in [0.4, 0.5) is 0 Å². The quantitative estimate of drug-likeness (QED) is 0.168. The van der Waals surface area contributed by atoms with E-state index in [0.29, 0.717) is 0 Å². The van der Waals surface area contributed by atoms with Gasteiger partial charge in [0.2, 0.25) is 0 Å². The third-order valence-corrected chi connectivity index (χ3v) is 11.3. The highest BCUT2D eigenvalue weighted by Crippen LogP contribution is 2.28. The molecule has 0 saturated carbocycles. The molecule has 0 heterocycles. The molecule has 0 spiro atoms. The molecule has 0 aliphatic rings. The van der Waals surface area contributed by atoms with Gasteiger partial charge in [-0.25, -0.2) is 0 Å². The molecule has 0 unspecified atom stereocenters. The maximum atomic E-state index is 6.47. The summed E-state index contributed by atoms with van der Waals surface area (Å²) in [6.07, 6.45) is 13.0. The van der Waals surface area contributed by atoms with Gasteiger partial charge in [-0.1, -0.05) is 66.5 Å². The smallest absolute Gasteiger partial charge is 0.364 e. The molecule has 0 radical (unpaired) electrons. The van der Waals surface area contributed by atoms with Crippen LogP contribution >= 0.6 is 0 Å². The number of rotatable bonds is 21. The Morgan fingerprint density at radius 2 is 0.767 bits per heavy atom. The lowest BCUT2D eigenvalue weighted by Crippen LogP contribution is -2.47. The molecular formula is C24H50O4Si2. The van der Waals surface area contributed by atoms with Crippen LogP contribution in [0, 0.1) is 0 Å². The first-order valence-electron chi connectivity index (χ1n) is 12.5. The summed E-state index contributed by atoms with van der Waals surface area (Å²) in [7, 11) is -4.90. The highest BCUT2D eigenvalue weighted by molar-refractivity contribution is 6.78. The number of unbranched alkanes of at least 4 members (excludes halogenated alkanes) is 2. The summed E-state index contributed by atoms with van der Waals surface area (Å²) >= 11 is 0. The Morgan fingerprint density at radius 3 is 1.00 bits per heavy atom. The monoisotopic (exact) mass is 458 g/mol. The lowest BCUT2D eigenvalue weighted by molar-refractivity contribution is 0.167. The van der Waals surface area contributed by atoms with Gasteiger partial charge in [0.15, 0.2) is 0 Å². The fourth-order valence-electron chi connectivity index (χ4n) is 3.04. The van der Waals surface area contributed by atoms with Crippen LogP contribution in [0.5, 0.6) is 0 Å². The lowest BCUT2D eigenvalue weighted by Gasteiger charge is -2.33. The minimum atomic E-state index is -2.45. The van der Waals surface area contributed by atoms with Crippen molar-refractivity contribution in [2.45, 2.75) is 105 Å². The van der Waals surface area contributed by atoms with E-state index in [1.807, 2.05) is 0 Å². The molecule has 0 fully saturated rings. The zero-order valence-electron chi connectivity index (χ0n) is 20.8. The molecule has 0 aliphatic heterocycles. The Balaban J connectivity index is 5.72. The lowest BCUT2D eigenvalue weighted by atomic mass is 10.3. The molecule has 0 saturated heterocycles. The molecule has 4 nitrogen and oxygen atoms in total. The van der Waals surface area contributed by atoms with Crippen molar-refractivity contribution in [2.24, 2.45) is 0 Å². The van der Waals surface area contributed by atoms with Crippen LogP contribution in [0.2, 0.25) is 12.1 Å². The van der Waals surface area contributed by atoms with Crippen molar-refractivity contribution in [3.05, 3.63) is 23.6 Å². The van der Waals surface area contributed by atoms with Gasteiger partial charge in [0.05, 0.1) is 0 Å². The normalized spacial score (nSPS) is 13.1. The second-order valence-electron chi connectivity index (χ2n) is 7.90. The summed E-state index contributed by atoms with van der Waals surface area (Å²) in [5.41, 5.74) is 4.58. The van der Waals surface area contributed by atoms with Gasteiger partial charge in [-0.3, -0.25) is 0 Å². The van der Waals surface area contributed by atoms with E-state index in [2.05, 4.69) is 65.1 Å². The van der Waals surface area contributed by atoms with E-state index in [9.17, 15) is 0 Å². The Morgan fingerprint density at radius 1 is 0.467 bits per heavy atom. The topological polar surface area (TPSA) is 36.9 Å². The molecule has 6 heteroatoms. The maximum Gasteiger partial charge on any atom is 0.364 e. The number of hydrogen-bond acceptors (Lipinski definition) is 4. The standard InChI is InChI=1S/C24H50O4Si2/c1-7-13-15-21-29(25-17-9-3,26-18-10-4)23-24-30(27-19-11-5,28-20-12-6)22-16-14-8-2/h15-16,21-22H,7-14,17-20,23-24H2,1-6H3. The summed E-state index contributed by atoms with van der Waals surface area (Å²) in [4.78, 5) is 0. The molecule has 0 aliphatic carbocycles. The Bertz CT molecular complexity index is 385. The predicted molar refractivity (Wildman–Crippen MR) is 134 cm³/mol. The van der Waals surface area contributed by atoms with E-state index in [0.717, 1.165) is 89.9 Å². The van der Waals surface area contributed by atoms with Crippen molar-refractivity contribution in [3.8, 4) is 0 Å². The molecule has 0 atom stereocenters. The highest BCUT2D eigenvalue weighted by Gasteiger charge is 2.42. The van der Waals surface area contributed by atoms with Crippen LogP contribution in [0.1, 0.15) is 92.9 Å². The van der Waals surface area contributed by atoms with E-state index in [-0.39, 0.29) is 0 Å². The largest absolute Gasteiger partial charge is 0.391 e. The molecule has 0 aromatic rings. The van der Waals surface area contributed by atoms with Crippen LogP contribution in [0.25, 0.3) is 0 Å². The van der Waals surface area contributed by atoms with Crippen LogP contribution in [0.15, 0.2) is 23.6 Å². The third-order valence-electron chi connectivity index (χ3n) is 4.68. The molecule has 0 rings (SSSR count). The Hall–Kier alpha value is -0.246. The molecule has 0 amide bonds. The van der Waals surface area contributed by atoms with E-state index in [1.165, 1.54) is 0 Å². The molecule has 0 aromatic carbocycles. The molecule has 0 bridgehead atoms. The summed E-state index contributed by atoms with van der Waals surface area (Å²) in [5, 5.41) is 0. The zero-order valence-corrected chi connectivity index (χ0v) is 22.8. The van der Waals surface area contributed by atoms with Gasteiger partial charge in [-0.2, -0.15) is 0 Å². The van der Waals surface area contributed by atoms with Crippen molar-refractivity contribution in [1.29, 1.82) is 0 Å². The minimum absolute atomic E-state index is 0.748. The van der Waals surface area contributed by atoms with E-state index in [4.69, 9.17) is 17.7 Å². The predicted octanol–water partition coefficient (Wildman–Crippen LogP) is 7.37. The van der Waals surface area contributed by atoms with E-state index in [1.54, 1.807) is 0 Å². The van der Waals surface area contributed by atoms with Gasteiger partial charge in [-0.15, -0.1) is 0 Å². The molecule has 0 aromatic heterocycles. The Kier molecular flexibility index (Phi) is 19.3. The van der Waals surface area contributed by atoms with E-state index >= 15 is 0 Å². The first-order chi connectivity index (χ1) is 14.6. The van der Waals surface area contributed by atoms with Crippen molar-refractivity contribution in [3.63, 3.8) is 0 Å². The summed E-state index contributed by atoms with van der Waals surface area (Å²) in [5.74, 6) is 0. The van der Waals surface area contributed by atoms with Crippen LogP contribution in [-0.2, 0) is 17.7 Å². The molecule has 0 N–H and O–H groups in total. The summed E-state index contributed by atoms with van der Waals surface area (Å²) in [6, 6.07) is 1.78. The summed E-state index contributed by atoms with van der Waals surface area (Å²) in [6.45, 7) is 16.1. The van der Waals surface area contributed by atoms with Crippen molar-refractivity contribution in [2.75, 3.05) is 26.4 Å². The van der Waals surface area contributed by atoms with Gasteiger partial charge < -0.3 is 17.7 Å². The van der Waals surface area contributed by atoms with Gasteiger partial charge >= 0.3 is 17.1 Å². The van der Waals surface area contributed by atoms with Gasteiger partial charge in [0.1, 0.15) is 0 Å². The fourth-order valence-corrected chi connectivity index (χ4v) is 10.5. The highest BCUT2D eigenvalue weighted by atomic mass is 28.4. The van der Waals surface area contributed by atoms with Crippen LogP contribution in [-0.4, -0.2) is 43.5 Å². The first-order valence-corrected chi connectivity index (χ1v) is 16.7. The van der Waals surface area contributed by atoms with E-state index < -0.39 is 17.1 Å². The van der Waals surface area contributed by atoms with Gasteiger partial charge in [0.25, 0.3) is 0 Å². The minimum Gasteiger partial charge on any atom is -0.391 e. The van der Waals surface area contributed by atoms with Crippen molar-refractivity contribution in [1.82, 2.24) is 0 Å². The van der Waals surface area contributed by atoms with Crippen molar-refractivity contribution >= 4 is 17.1 Å². The third kappa shape index (κ3) is 13.2. The molecular weight excluding hydrogens is 408 g/mol. The van der Waals surface area contributed by atoms with Gasteiger partial charge in [0, 0.05) is 26.4 Å².